The Labute approximate surface area is 116 Å². The molecule has 0 atom stereocenters. The number of benzene rings is 2. The first-order chi connectivity index (χ1) is 9.56. The molecule has 102 valence electrons. The van der Waals surface area contributed by atoms with Gasteiger partial charge in [-0.3, -0.25) is 10.1 Å². The lowest BCUT2D eigenvalue weighted by molar-refractivity contribution is -0.425. The number of halogens is 1. The molecule has 4 heteroatoms. The van der Waals surface area contributed by atoms with Crippen molar-refractivity contribution in [3.8, 4) is 0 Å². The van der Waals surface area contributed by atoms with Crippen molar-refractivity contribution in [1.82, 2.24) is 0 Å². The molecule has 0 heterocycles. The quantitative estimate of drug-likeness (QED) is 0.623. The van der Waals surface area contributed by atoms with Crippen molar-refractivity contribution in [3.63, 3.8) is 0 Å². The third kappa shape index (κ3) is 3.51. The van der Waals surface area contributed by atoms with Crippen LogP contribution in [-0.4, -0.2) is 4.92 Å². The van der Waals surface area contributed by atoms with Gasteiger partial charge in [0.05, 0.1) is 11.3 Å². The van der Waals surface area contributed by atoms with E-state index >= 15 is 0 Å². The van der Waals surface area contributed by atoms with E-state index in [0.29, 0.717) is 5.56 Å². The van der Waals surface area contributed by atoms with Crippen LogP contribution in [-0.2, 0) is 6.42 Å². The van der Waals surface area contributed by atoms with Crippen molar-refractivity contribution in [2.24, 2.45) is 0 Å². The Kier molecular flexibility index (Phi) is 4.25. The second-order valence-electron chi connectivity index (χ2n) is 4.56. The smallest absolute Gasteiger partial charge is 0.251 e. The summed E-state index contributed by atoms with van der Waals surface area (Å²) in [5.41, 5.74) is 2.24. The summed E-state index contributed by atoms with van der Waals surface area (Å²) in [4.78, 5) is 10.7. The summed E-state index contributed by atoms with van der Waals surface area (Å²) >= 11 is 0. The third-order valence-electron chi connectivity index (χ3n) is 3.03. The molecule has 0 aliphatic carbocycles. The zero-order valence-corrected chi connectivity index (χ0v) is 11.0. The highest BCUT2D eigenvalue weighted by molar-refractivity contribution is 5.55. The number of hydrogen-bond donors (Lipinski definition) is 0. The van der Waals surface area contributed by atoms with E-state index in [4.69, 9.17) is 0 Å². The molecule has 0 aliphatic rings. The van der Waals surface area contributed by atoms with E-state index in [1.807, 2.05) is 30.3 Å². The first kappa shape index (κ1) is 13.9. The summed E-state index contributed by atoms with van der Waals surface area (Å²) in [6.45, 7) is 1.80. The molecule has 0 aromatic heterocycles. The van der Waals surface area contributed by atoms with Gasteiger partial charge in [0.25, 0.3) is 5.70 Å². The molecule has 3 nitrogen and oxygen atoms in total. The second kappa shape index (κ2) is 6.10. The molecule has 0 bridgehead atoms. The van der Waals surface area contributed by atoms with Crippen molar-refractivity contribution >= 4 is 6.08 Å². The molecule has 0 spiro atoms. The maximum atomic E-state index is 13.2. The number of rotatable bonds is 4. The lowest BCUT2D eigenvalue weighted by Crippen LogP contribution is -2.02. The number of allylic oxidation sites excluding steroid dienone is 1. The zero-order valence-electron chi connectivity index (χ0n) is 11.0. The largest absolute Gasteiger partial charge is 0.259 e. The molecule has 2 aromatic rings. The molecule has 2 rings (SSSR count). The minimum Gasteiger partial charge on any atom is -0.259 e. The number of nitro groups is 1. The van der Waals surface area contributed by atoms with Gasteiger partial charge < -0.3 is 0 Å². The average molecular weight is 271 g/mol. The normalized spacial score (nSPS) is 11.4. The molecule has 0 amide bonds. The van der Waals surface area contributed by atoms with E-state index in [9.17, 15) is 14.5 Å². The Morgan fingerprint density at radius 1 is 1.25 bits per heavy atom. The van der Waals surface area contributed by atoms with Gasteiger partial charge in [-0.1, -0.05) is 36.4 Å². The minimum absolute atomic E-state index is 0.0462. The fourth-order valence-electron chi connectivity index (χ4n) is 1.92. The van der Waals surface area contributed by atoms with E-state index in [2.05, 4.69) is 0 Å². The number of aryl methyl sites for hydroxylation is 1. The molecule has 0 saturated carbocycles. The summed E-state index contributed by atoms with van der Waals surface area (Å²) in [5.74, 6) is -0.399. The predicted molar refractivity (Wildman–Crippen MR) is 76.3 cm³/mol. The molecule has 0 radical (unpaired) electrons. The van der Waals surface area contributed by atoms with Gasteiger partial charge in [0, 0.05) is 6.08 Å². The van der Waals surface area contributed by atoms with Gasteiger partial charge in [0.1, 0.15) is 5.82 Å². The van der Waals surface area contributed by atoms with Gasteiger partial charge in [-0.2, -0.15) is 0 Å². The van der Waals surface area contributed by atoms with Crippen molar-refractivity contribution < 1.29 is 9.31 Å². The lowest BCUT2D eigenvalue weighted by Gasteiger charge is -2.03. The highest BCUT2D eigenvalue weighted by Crippen LogP contribution is 2.17. The van der Waals surface area contributed by atoms with Gasteiger partial charge >= 0.3 is 0 Å². The molecule has 0 unspecified atom stereocenters. The maximum Gasteiger partial charge on any atom is 0.251 e. The molecule has 20 heavy (non-hydrogen) atoms. The highest BCUT2D eigenvalue weighted by Gasteiger charge is 2.13. The summed E-state index contributed by atoms with van der Waals surface area (Å²) in [6, 6.07) is 13.4. The van der Waals surface area contributed by atoms with Crippen LogP contribution in [0.15, 0.2) is 54.2 Å². The zero-order chi connectivity index (χ0) is 14.5. The van der Waals surface area contributed by atoms with Crippen LogP contribution in [0, 0.1) is 22.9 Å². The van der Waals surface area contributed by atoms with Gasteiger partial charge in [-0.05, 0) is 35.7 Å². The van der Waals surface area contributed by atoms with Crippen LogP contribution in [0.5, 0.6) is 0 Å². The summed E-state index contributed by atoms with van der Waals surface area (Å²) in [7, 11) is 0. The molecule has 0 N–H and O–H groups in total. The van der Waals surface area contributed by atoms with E-state index < -0.39 is 10.7 Å². The van der Waals surface area contributed by atoms with Crippen molar-refractivity contribution in [2.75, 3.05) is 0 Å². The standard InChI is InChI=1S/C16H14FNO2/c1-12-7-8-15(17)10-14(12)11-16(18(19)20)9-13-5-3-2-4-6-13/h2-8,10-11H,9H2,1H3/b16-11-. The van der Waals surface area contributed by atoms with Crippen LogP contribution < -0.4 is 0 Å². The maximum absolute atomic E-state index is 13.2. The molecule has 0 saturated heterocycles. The van der Waals surface area contributed by atoms with Crippen LogP contribution in [0.25, 0.3) is 6.08 Å². The fourth-order valence-corrected chi connectivity index (χ4v) is 1.92. The summed E-state index contributed by atoms with van der Waals surface area (Å²) < 4.78 is 13.2. The Bertz CT molecular complexity index is 651. The fraction of sp³-hybridized carbons (Fsp3) is 0.125. The number of hydrogen-bond acceptors (Lipinski definition) is 2. The molecule has 0 aliphatic heterocycles. The Hall–Kier alpha value is -2.49. The molecule has 2 aromatic carbocycles. The Morgan fingerprint density at radius 2 is 1.95 bits per heavy atom. The SMILES string of the molecule is Cc1ccc(F)cc1/C=C(/Cc1ccccc1)[N+](=O)[O-]. The van der Waals surface area contributed by atoms with Gasteiger partial charge in [-0.15, -0.1) is 0 Å². The summed E-state index contributed by atoms with van der Waals surface area (Å²) in [5, 5.41) is 11.1. The Morgan fingerprint density at radius 3 is 2.60 bits per heavy atom. The van der Waals surface area contributed by atoms with Gasteiger partial charge in [0.2, 0.25) is 0 Å². The van der Waals surface area contributed by atoms with Gasteiger partial charge in [0.15, 0.2) is 0 Å². The van der Waals surface area contributed by atoms with Gasteiger partial charge in [-0.25, -0.2) is 4.39 Å². The highest BCUT2D eigenvalue weighted by atomic mass is 19.1. The summed E-state index contributed by atoms with van der Waals surface area (Å²) in [6.07, 6.45) is 1.65. The monoisotopic (exact) mass is 271 g/mol. The average Bonchev–Trinajstić information content (AvgIpc) is 2.43. The first-order valence-electron chi connectivity index (χ1n) is 6.21. The molecular weight excluding hydrogens is 257 g/mol. The van der Waals surface area contributed by atoms with E-state index in [0.717, 1.165) is 11.1 Å². The lowest BCUT2D eigenvalue weighted by atomic mass is 10.0. The van der Waals surface area contributed by atoms with E-state index in [1.54, 1.807) is 13.0 Å². The predicted octanol–water partition coefficient (Wildman–Crippen LogP) is 3.99. The van der Waals surface area contributed by atoms with Crippen LogP contribution in [0.3, 0.4) is 0 Å². The third-order valence-corrected chi connectivity index (χ3v) is 3.03. The minimum atomic E-state index is -0.419. The number of nitrogens with zero attached hydrogens (tertiary/aromatic N) is 1. The molecular formula is C16H14FNO2. The van der Waals surface area contributed by atoms with Crippen LogP contribution in [0.1, 0.15) is 16.7 Å². The van der Waals surface area contributed by atoms with Crippen molar-refractivity contribution in [2.45, 2.75) is 13.3 Å². The first-order valence-corrected chi connectivity index (χ1v) is 6.21. The van der Waals surface area contributed by atoms with Crippen molar-refractivity contribution in [3.05, 3.63) is 86.8 Å². The van der Waals surface area contributed by atoms with Crippen LogP contribution in [0.4, 0.5) is 4.39 Å². The van der Waals surface area contributed by atoms with Crippen LogP contribution >= 0.6 is 0 Å². The van der Waals surface area contributed by atoms with Crippen LogP contribution in [0.2, 0.25) is 0 Å². The van der Waals surface area contributed by atoms with E-state index in [-0.39, 0.29) is 12.1 Å². The Balaban J connectivity index is 2.35. The topological polar surface area (TPSA) is 43.1 Å². The van der Waals surface area contributed by atoms with E-state index in [1.165, 1.54) is 18.2 Å². The molecule has 0 fully saturated rings. The van der Waals surface area contributed by atoms with Crippen molar-refractivity contribution in [1.29, 1.82) is 0 Å². The second-order valence-corrected chi connectivity index (χ2v) is 4.56.